The molecule has 0 unspecified atom stereocenters. The molecular formula is C24H27ClN2O3. The summed E-state index contributed by atoms with van der Waals surface area (Å²) in [6, 6.07) is 5.21. The van der Waals surface area contributed by atoms with E-state index in [2.05, 4.69) is 24.1 Å². The first-order chi connectivity index (χ1) is 14.0. The molecule has 1 aliphatic carbocycles. The van der Waals surface area contributed by atoms with E-state index in [-0.39, 0.29) is 29.2 Å². The van der Waals surface area contributed by atoms with E-state index in [1.807, 2.05) is 32.9 Å². The Kier molecular flexibility index (Phi) is 6.04. The fourth-order valence-corrected chi connectivity index (χ4v) is 4.12. The molecule has 1 aliphatic rings. The lowest BCUT2D eigenvalue weighted by Gasteiger charge is -2.27. The van der Waals surface area contributed by atoms with Crippen molar-refractivity contribution >= 4 is 28.9 Å². The summed E-state index contributed by atoms with van der Waals surface area (Å²) in [4.78, 5) is 40.5. The molecule has 2 N–H and O–H groups in total. The average molecular weight is 427 g/mol. The number of ketones is 1. The van der Waals surface area contributed by atoms with Crippen LogP contribution in [0, 0.1) is 26.2 Å². The quantitative estimate of drug-likeness (QED) is 0.746. The molecule has 1 aromatic carbocycles. The molecule has 30 heavy (non-hydrogen) atoms. The molecule has 0 saturated carbocycles. The van der Waals surface area contributed by atoms with Gasteiger partial charge in [0.05, 0.1) is 0 Å². The number of halogens is 1. The van der Waals surface area contributed by atoms with Gasteiger partial charge in [-0.15, -0.1) is 0 Å². The standard InChI is InChI=1S/C24H27ClN2O3/c1-13-8-14(2)27-23(30)20(13)12-26-22(29)18-10-16(25)9-17(15(18)3)19-11-24(4,5)7-6-21(19)28/h8-11H,6-7,12H2,1-5H3,(H,26,29)(H,27,30). The van der Waals surface area contributed by atoms with Gasteiger partial charge in [-0.1, -0.05) is 31.5 Å². The Labute approximate surface area is 181 Å². The average Bonchev–Trinajstić information content (AvgIpc) is 2.64. The van der Waals surface area contributed by atoms with E-state index in [1.54, 1.807) is 12.1 Å². The molecule has 0 spiro atoms. The number of aromatic nitrogens is 1. The molecule has 0 radical (unpaired) electrons. The molecule has 1 amide bonds. The molecule has 6 heteroatoms. The summed E-state index contributed by atoms with van der Waals surface area (Å²) in [5, 5.41) is 3.21. The van der Waals surface area contributed by atoms with Crippen molar-refractivity contribution in [2.45, 2.75) is 54.0 Å². The lowest BCUT2D eigenvalue weighted by Crippen LogP contribution is -2.28. The predicted octanol–water partition coefficient (Wildman–Crippen LogP) is 4.66. The first-order valence-electron chi connectivity index (χ1n) is 10.0. The summed E-state index contributed by atoms with van der Waals surface area (Å²) >= 11 is 6.32. The van der Waals surface area contributed by atoms with Crippen LogP contribution in [0.15, 0.2) is 29.1 Å². The second-order valence-electron chi connectivity index (χ2n) is 8.72. The Morgan fingerprint density at radius 2 is 1.87 bits per heavy atom. The largest absolute Gasteiger partial charge is 0.348 e. The third kappa shape index (κ3) is 4.57. The molecule has 0 aliphatic heterocycles. The van der Waals surface area contributed by atoms with Crippen LogP contribution in [-0.4, -0.2) is 16.7 Å². The Bertz CT molecular complexity index is 1130. The van der Waals surface area contributed by atoms with Gasteiger partial charge in [0.15, 0.2) is 5.78 Å². The number of hydrogen-bond acceptors (Lipinski definition) is 3. The van der Waals surface area contributed by atoms with Gasteiger partial charge < -0.3 is 10.3 Å². The minimum atomic E-state index is -0.334. The van der Waals surface area contributed by atoms with Crippen molar-refractivity contribution in [3.63, 3.8) is 0 Å². The Balaban J connectivity index is 1.94. The number of carbonyl (C=O) groups is 2. The van der Waals surface area contributed by atoms with E-state index in [0.717, 1.165) is 17.7 Å². The van der Waals surface area contributed by atoms with Gasteiger partial charge in [-0.3, -0.25) is 14.4 Å². The molecule has 5 nitrogen and oxygen atoms in total. The lowest BCUT2D eigenvalue weighted by atomic mass is 9.76. The Morgan fingerprint density at radius 1 is 1.17 bits per heavy atom. The SMILES string of the molecule is Cc1cc(C)c(CNC(=O)c2cc(Cl)cc(C3=CC(C)(C)CCC3=O)c2C)c(=O)[nH]1. The summed E-state index contributed by atoms with van der Waals surface area (Å²) in [6.45, 7) is 9.77. The van der Waals surface area contributed by atoms with Crippen LogP contribution < -0.4 is 10.9 Å². The number of pyridine rings is 1. The van der Waals surface area contributed by atoms with Gasteiger partial charge in [0.25, 0.3) is 11.5 Å². The number of Topliss-reactive ketones (excluding diaryl/α,β-unsaturated/α-hetero) is 1. The number of allylic oxidation sites excluding steroid dienone is 2. The van der Waals surface area contributed by atoms with E-state index >= 15 is 0 Å². The Morgan fingerprint density at radius 3 is 2.53 bits per heavy atom. The number of hydrogen-bond donors (Lipinski definition) is 2. The zero-order chi connectivity index (χ0) is 22.2. The highest BCUT2D eigenvalue weighted by Crippen LogP contribution is 2.37. The van der Waals surface area contributed by atoms with Crippen molar-refractivity contribution in [1.82, 2.24) is 10.3 Å². The normalized spacial score (nSPS) is 15.7. The molecular weight excluding hydrogens is 400 g/mol. The molecule has 0 saturated heterocycles. The fraction of sp³-hybridized carbons (Fsp3) is 0.375. The zero-order valence-corrected chi connectivity index (χ0v) is 18.8. The summed E-state index contributed by atoms with van der Waals surface area (Å²) in [5.74, 6) is -0.272. The van der Waals surface area contributed by atoms with Gasteiger partial charge >= 0.3 is 0 Å². The minimum absolute atomic E-state index is 0.0628. The van der Waals surface area contributed by atoms with Crippen LogP contribution in [0.3, 0.4) is 0 Å². The molecule has 0 fully saturated rings. The van der Waals surface area contributed by atoms with Gasteiger partial charge in [0.1, 0.15) is 0 Å². The van der Waals surface area contributed by atoms with E-state index in [1.165, 1.54) is 0 Å². The van der Waals surface area contributed by atoms with Crippen LogP contribution in [-0.2, 0) is 11.3 Å². The highest BCUT2D eigenvalue weighted by atomic mass is 35.5. The van der Waals surface area contributed by atoms with Crippen molar-refractivity contribution in [3.8, 4) is 0 Å². The summed E-state index contributed by atoms with van der Waals surface area (Å²) < 4.78 is 0. The molecule has 2 aromatic rings. The first kappa shape index (κ1) is 22.0. The van der Waals surface area contributed by atoms with E-state index in [0.29, 0.717) is 39.3 Å². The van der Waals surface area contributed by atoms with Crippen molar-refractivity contribution in [1.29, 1.82) is 0 Å². The van der Waals surface area contributed by atoms with Crippen LogP contribution in [0.2, 0.25) is 5.02 Å². The number of rotatable bonds is 4. The summed E-state index contributed by atoms with van der Waals surface area (Å²) in [7, 11) is 0. The highest BCUT2D eigenvalue weighted by Gasteiger charge is 2.28. The lowest BCUT2D eigenvalue weighted by molar-refractivity contribution is -0.114. The van der Waals surface area contributed by atoms with Crippen LogP contribution in [0.4, 0.5) is 0 Å². The molecule has 0 bridgehead atoms. The van der Waals surface area contributed by atoms with Gasteiger partial charge in [0, 0.05) is 40.4 Å². The molecule has 158 valence electrons. The van der Waals surface area contributed by atoms with E-state index in [9.17, 15) is 14.4 Å². The maximum atomic E-state index is 12.9. The molecule has 1 aromatic heterocycles. The molecule has 1 heterocycles. The van der Waals surface area contributed by atoms with Gasteiger partial charge in [-0.2, -0.15) is 0 Å². The van der Waals surface area contributed by atoms with Crippen LogP contribution in [0.1, 0.15) is 65.0 Å². The number of aryl methyl sites for hydroxylation is 2. The number of aromatic amines is 1. The van der Waals surface area contributed by atoms with Gasteiger partial charge in [-0.25, -0.2) is 0 Å². The van der Waals surface area contributed by atoms with Gasteiger partial charge in [0.2, 0.25) is 0 Å². The second-order valence-corrected chi connectivity index (χ2v) is 9.16. The van der Waals surface area contributed by atoms with Crippen LogP contribution in [0.5, 0.6) is 0 Å². The minimum Gasteiger partial charge on any atom is -0.348 e. The zero-order valence-electron chi connectivity index (χ0n) is 18.0. The summed E-state index contributed by atoms with van der Waals surface area (Å²) in [6.07, 6.45) is 3.25. The fourth-order valence-electron chi connectivity index (χ4n) is 3.90. The Hall–Kier alpha value is -2.66. The smallest absolute Gasteiger partial charge is 0.253 e. The van der Waals surface area contributed by atoms with Crippen LogP contribution in [0.25, 0.3) is 5.57 Å². The van der Waals surface area contributed by atoms with Crippen molar-refractivity contribution in [2.75, 3.05) is 0 Å². The van der Waals surface area contributed by atoms with Crippen LogP contribution >= 0.6 is 11.6 Å². The topological polar surface area (TPSA) is 79.0 Å². The second kappa shape index (κ2) is 8.23. The third-order valence-electron chi connectivity index (χ3n) is 5.66. The van der Waals surface area contributed by atoms with Gasteiger partial charge in [-0.05, 0) is 67.5 Å². The van der Waals surface area contributed by atoms with E-state index in [4.69, 9.17) is 11.6 Å². The molecule has 3 rings (SSSR count). The number of amides is 1. The van der Waals surface area contributed by atoms with Crippen molar-refractivity contribution < 1.29 is 9.59 Å². The van der Waals surface area contributed by atoms with Crippen molar-refractivity contribution in [2.24, 2.45) is 5.41 Å². The number of carbonyl (C=O) groups excluding carboxylic acids is 2. The van der Waals surface area contributed by atoms with Crippen molar-refractivity contribution in [3.05, 3.63) is 73.2 Å². The number of nitrogens with one attached hydrogen (secondary N) is 2. The van der Waals surface area contributed by atoms with E-state index < -0.39 is 0 Å². The maximum absolute atomic E-state index is 12.9. The number of H-pyrrole nitrogens is 1. The summed E-state index contributed by atoms with van der Waals surface area (Å²) in [5.41, 5.74) is 4.21. The first-order valence-corrected chi connectivity index (χ1v) is 10.4. The maximum Gasteiger partial charge on any atom is 0.253 e. The number of benzene rings is 1. The monoisotopic (exact) mass is 426 g/mol. The predicted molar refractivity (Wildman–Crippen MR) is 120 cm³/mol. The highest BCUT2D eigenvalue weighted by molar-refractivity contribution is 6.32. The third-order valence-corrected chi connectivity index (χ3v) is 5.88. The molecule has 0 atom stereocenters.